The highest BCUT2D eigenvalue weighted by molar-refractivity contribution is 5.68. The number of benzene rings is 1. The fraction of sp³-hybridized carbons (Fsp3) is 0.375. The normalized spacial score (nSPS) is 14.4. The molecule has 0 heterocycles. The second-order valence-electron chi connectivity index (χ2n) is 4.28. The minimum atomic E-state index is 1.19. The summed E-state index contributed by atoms with van der Waals surface area (Å²) in [4.78, 5) is 0. The van der Waals surface area contributed by atoms with Crippen molar-refractivity contribution in [2.45, 2.75) is 40.0 Å². The maximum atomic E-state index is 2.24. The van der Waals surface area contributed by atoms with Crippen LogP contribution in [0.25, 0.3) is 5.57 Å². The van der Waals surface area contributed by atoms with Crippen LogP contribution in [0.5, 0.6) is 0 Å². The lowest BCUT2D eigenvalue weighted by molar-refractivity contribution is 0.977. The van der Waals surface area contributed by atoms with Gasteiger partial charge < -0.3 is 0 Å². The second kappa shape index (κ2) is 7.05. The van der Waals surface area contributed by atoms with Crippen LogP contribution in [0, 0.1) is 0 Å². The molecule has 0 saturated heterocycles. The summed E-state index contributed by atoms with van der Waals surface area (Å²) in [6.07, 6.45) is 8.12. The Kier molecular flexibility index (Phi) is 5.63. The maximum Gasteiger partial charge on any atom is -0.0224 e. The first-order valence-electron chi connectivity index (χ1n) is 6.19. The van der Waals surface area contributed by atoms with Crippen molar-refractivity contribution in [3.8, 4) is 0 Å². The third-order valence-electron chi connectivity index (χ3n) is 2.50. The van der Waals surface area contributed by atoms with Gasteiger partial charge in [-0.1, -0.05) is 68.3 Å². The van der Waals surface area contributed by atoms with Gasteiger partial charge in [-0.2, -0.15) is 0 Å². The quantitative estimate of drug-likeness (QED) is 0.600. The Morgan fingerprint density at radius 1 is 0.938 bits per heavy atom. The maximum absolute atomic E-state index is 2.24. The van der Waals surface area contributed by atoms with Crippen LogP contribution >= 0.6 is 0 Å². The molecule has 2 rings (SSSR count). The first kappa shape index (κ1) is 12.8. The molecule has 0 heteroatoms. The van der Waals surface area contributed by atoms with E-state index in [1.807, 2.05) is 0 Å². The van der Waals surface area contributed by atoms with Crippen LogP contribution in [0.2, 0.25) is 0 Å². The highest BCUT2D eigenvalue weighted by atomic mass is 14.1. The molecule has 86 valence electrons. The summed E-state index contributed by atoms with van der Waals surface area (Å²) in [7, 11) is 0. The minimum absolute atomic E-state index is 1.19. The van der Waals surface area contributed by atoms with Gasteiger partial charge in [0, 0.05) is 0 Å². The Morgan fingerprint density at radius 3 is 2.06 bits per heavy atom. The van der Waals surface area contributed by atoms with E-state index < -0.39 is 0 Å². The number of rotatable bonds is 1. The van der Waals surface area contributed by atoms with Crippen LogP contribution in [0.15, 0.2) is 48.1 Å². The van der Waals surface area contributed by atoms with Gasteiger partial charge in [0.2, 0.25) is 0 Å². The van der Waals surface area contributed by atoms with Gasteiger partial charge in [0.25, 0.3) is 0 Å². The van der Waals surface area contributed by atoms with Gasteiger partial charge in [-0.05, 0) is 30.9 Å². The van der Waals surface area contributed by atoms with E-state index in [-0.39, 0.29) is 0 Å². The lowest BCUT2D eigenvalue weighted by atomic mass is 9.94. The van der Waals surface area contributed by atoms with Crippen molar-refractivity contribution in [1.82, 2.24) is 0 Å². The molecule has 0 amide bonds. The van der Waals surface area contributed by atoms with E-state index in [4.69, 9.17) is 0 Å². The number of allylic oxidation sites excluding steroid dienone is 4. The van der Waals surface area contributed by atoms with Crippen molar-refractivity contribution in [1.29, 1.82) is 0 Å². The molecule has 16 heavy (non-hydrogen) atoms. The minimum Gasteiger partial charge on any atom is -0.0730 e. The molecule has 0 unspecified atom stereocenters. The van der Waals surface area contributed by atoms with Crippen LogP contribution in [0.3, 0.4) is 0 Å². The third kappa shape index (κ3) is 4.06. The van der Waals surface area contributed by atoms with Gasteiger partial charge >= 0.3 is 0 Å². The standard InChI is InChI=1S/C13H14.C3H8/c1-11-7-9-13(10-8-11)12-5-3-2-4-6-12;1-3-2/h2-7,9H,8,10H2,1H3;3H2,1-2H3. The molecule has 0 aliphatic heterocycles. The first-order chi connectivity index (χ1) is 7.77. The van der Waals surface area contributed by atoms with Gasteiger partial charge in [-0.3, -0.25) is 0 Å². The molecule has 1 aliphatic carbocycles. The molecule has 1 aromatic rings. The molecule has 0 fully saturated rings. The molecule has 0 radical (unpaired) electrons. The van der Waals surface area contributed by atoms with E-state index in [1.54, 1.807) is 0 Å². The van der Waals surface area contributed by atoms with E-state index in [9.17, 15) is 0 Å². The van der Waals surface area contributed by atoms with E-state index in [1.165, 1.54) is 36.0 Å². The van der Waals surface area contributed by atoms with E-state index in [2.05, 4.69) is 63.3 Å². The summed E-state index contributed by atoms with van der Waals surface area (Å²) in [5.74, 6) is 0. The fourth-order valence-corrected chi connectivity index (χ4v) is 1.63. The Hall–Kier alpha value is -1.30. The smallest absolute Gasteiger partial charge is 0.0224 e. The lowest BCUT2D eigenvalue weighted by Gasteiger charge is -2.11. The molecule has 0 nitrogen and oxygen atoms in total. The molecule has 0 atom stereocenters. The second-order valence-corrected chi connectivity index (χ2v) is 4.28. The van der Waals surface area contributed by atoms with Crippen LogP contribution in [-0.2, 0) is 0 Å². The summed E-state index contributed by atoms with van der Waals surface area (Å²) in [6, 6.07) is 10.6. The predicted molar refractivity (Wildman–Crippen MR) is 73.4 cm³/mol. The topological polar surface area (TPSA) is 0 Å². The Balaban J connectivity index is 0.000000386. The number of hydrogen-bond donors (Lipinski definition) is 0. The van der Waals surface area contributed by atoms with Crippen molar-refractivity contribution in [2.75, 3.05) is 0 Å². The van der Waals surface area contributed by atoms with Crippen LogP contribution in [0.4, 0.5) is 0 Å². The fourth-order valence-electron chi connectivity index (χ4n) is 1.63. The zero-order valence-electron chi connectivity index (χ0n) is 10.7. The Morgan fingerprint density at radius 2 is 1.56 bits per heavy atom. The van der Waals surface area contributed by atoms with Crippen LogP contribution in [-0.4, -0.2) is 0 Å². The van der Waals surface area contributed by atoms with Crippen molar-refractivity contribution < 1.29 is 0 Å². The molecular weight excluding hydrogens is 192 g/mol. The molecule has 0 saturated carbocycles. The lowest BCUT2D eigenvalue weighted by Crippen LogP contribution is -1.90. The van der Waals surface area contributed by atoms with Crippen molar-refractivity contribution in [3.05, 3.63) is 53.6 Å². The van der Waals surface area contributed by atoms with E-state index in [0.717, 1.165) is 0 Å². The third-order valence-corrected chi connectivity index (χ3v) is 2.50. The largest absolute Gasteiger partial charge is 0.0730 e. The molecule has 0 aromatic heterocycles. The monoisotopic (exact) mass is 214 g/mol. The number of hydrogen-bond acceptors (Lipinski definition) is 0. The van der Waals surface area contributed by atoms with Crippen molar-refractivity contribution in [3.63, 3.8) is 0 Å². The first-order valence-corrected chi connectivity index (χ1v) is 6.19. The summed E-state index contributed by atoms with van der Waals surface area (Å²) in [5, 5.41) is 0. The molecule has 0 spiro atoms. The van der Waals surface area contributed by atoms with Crippen LogP contribution < -0.4 is 0 Å². The van der Waals surface area contributed by atoms with Gasteiger partial charge in [-0.15, -0.1) is 0 Å². The highest BCUT2D eigenvalue weighted by Gasteiger charge is 2.04. The van der Waals surface area contributed by atoms with Gasteiger partial charge in [0.05, 0.1) is 0 Å². The summed E-state index contributed by atoms with van der Waals surface area (Å²) >= 11 is 0. The summed E-state index contributed by atoms with van der Waals surface area (Å²) in [5.41, 5.74) is 4.32. The van der Waals surface area contributed by atoms with Crippen molar-refractivity contribution >= 4 is 5.57 Å². The zero-order valence-corrected chi connectivity index (χ0v) is 10.7. The zero-order chi connectivity index (χ0) is 11.8. The van der Waals surface area contributed by atoms with Gasteiger partial charge in [-0.25, -0.2) is 0 Å². The molecule has 0 N–H and O–H groups in total. The molecular formula is C16H22. The van der Waals surface area contributed by atoms with Crippen molar-refractivity contribution in [2.24, 2.45) is 0 Å². The molecule has 1 aliphatic rings. The average molecular weight is 214 g/mol. The summed E-state index contributed by atoms with van der Waals surface area (Å²) < 4.78 is 0. The van der Waals surface area contributed by atoms with E-state index >= 15 is 0 Å². The average Bonchev–Trinajstić information content (AvgIpc) is 2.32. The van der Waals surface area contributed by atoms with E-state index in [0.29, 0.717) is 0 Å². The highest BCUT2D eigenvalue weighted by Crippen LogP contribution is 2.25. The SMILES string of the molecule is CC1=CC=C(c2ccccc2)CC1.CCC. The predicted octanol–water partition coefficient (Wildman–Crippen LogP) is 5.23. The van der Waals surface area contributed by atoms with Gasteiger partial charge in [0.15, 0.2) is 0 Å². The molecule has 0 bridgehead atoms. The summed E-state index contributed by atoms with van der Waals surface area (Å²) in [6.45, 7) is 6.44. The van der Waals surface area contributed by atoms with Gasteiger partial charge in [0.1, 0.15) is 0 Å². The molecule has 1 aromatic carbocycles. The van der Waals surface area contributed by atoms with Crippen LogP contribution in [0.1, 0.15) is 45.6 Å². The Labute approximate surface area is 99.7 Å². The Bertz CT molecular complexity index is 355.